The van der Waals surface area contributed by atoms with Crippen molar-refractivity contribution in [3.05, 3.63) is 64.1 Å². The average Bonchev–Trinajstić information content (AvgIpc) is 2.53. The Bertz CT molecular complexity index is 614. The zero-order valence-corrected chi connectivity index (χ0v) is 14.0. The van der Waals surface area contributed by atoms with E-state index in [2.05, 4.69) is 32.6 Å². The van der Waals surface area contributed by atoms with Gasteiger partial charge in [-0.25, -0.2) is 4.79 Å². The molecule has 2 aromatic carbocycles. The normalized spacial score (nSPS) is 10.1. The van der Waals surface area contributed by atoms with Crippen LogP contribution in [0.4, 0.5) is 4.79 Å². The Morgan fingerprint density at radius 1 is 1.09 bits per heavy atom. The predicted molar refractivity (Wildman–Crippen MR) is 91.1 cm³/mol. The van der Waals surface area contributed by atoms with Crippen LogP contribution in [0.5, 0.6) is 5.75 Å². The third-order valence-electron chi connectivity index (χ3n) is 3.20. The van der Waals surface area contributed by atoms with Gasteiger partial charge < -0.3 is 15.4 Å². The van der Waals surface area contributed by atoms with Crippen LogP contribution in [0.3, 0.4) is 0 Å². The molecule has 0 heterocycles. The van der Waals surface area contributed by atoms with Crippen LogP contribution >= 0.6 is 15.9 Å². The lowest BCUT2D eigenvalue weighted by Crippen LogP contribution is -2.36. The highest BCUT2D eigenvalue weighted by molar-refractivity contribution is 9.10. The highest BCUT2D eigenvalue weighted by Gasteiger charge is 2.01. The van der Waals surface area contributed by atoms with Gasteiger partial charge in [0.2, 0.25) is 0 Å². The maximum Gasteiger partial charge on any atom is 0.315 e. The Morgan fingerprint density at radius 3 is 2.55 bits per heavy atom. The molecule has 5 heteroatoms. The Hall–Kier alpha value is -2.01. The van der Waals surface area contributed by atoms with Crippen LogP contribution in [0.15, 0.2) is 53.0 Å². The van der Waals surface area contributed by atoms with Crippen molar-refractivity contribution in [1.82, 2.24) is 10.6 Å². The van der Waals surface area contributed by atoms with Crippen LogP contribution in [0.1, 0.15) is 11.1 Å². The van der Waals surface area contributed by atoms with Crippen molar-refractivity contribution >= 4 is 22.0 Å². The summed E-state index contributed by atoms with van der Waals surface area (Å²) in [6, 6.07) is 15.5. The molecule has 0 atom stereocenters. The summed E-state index contributed by atoms with van der Waals surface area (Å²) in [4.78, 5) is 11.7. The van der Waals surface area contributed by atoms with Gasteiger partial charge in [-0.3, -0.25) is 0 Å². The number of ether oxygens (including phenoxy) is 1. The maximum absolute atomic E-state index is 11.7. The predicted octanol–water partition coefficient (Wildman–Crippen LogP) is 3.50. The monoisotopic (exact) mass is 362 g/mol. The summed E-state index contributed by atoms with van der Waals surface area (Å²) in [5.74, 6) is 0.808. The van der Waals surface area contributed by atoms with Gasteiger partial charge in [-0.15, -0.1) is 0 Å². The molecule has 0 saturated heterocycles. The van der Waals surface area contributed by atoms with E-state index in [-0.39, 0.29) is 6.03 Å². The molecule has 0 radical (unpaired) electrons. The van der Waals surface area contributed by atoms with Crippen LogP contribution in [-0.2, 0) is 13.0 Å². The summed E-state index contributed by atoms with van der Waals surface area (Å²) in [6.45, 7) is 1.09. The number of amides is 2. The average molecular weight is 363 g/mol. The Kier molecular flexibility index (Phi) is 6.27. The lowest BCUT2D eigenvalue weighted by molar-refractivity contribution is 0.240. The number of hydrogen-bond acceptors (Lipinski definition) is 2. The number of benzene rings is 2. The lowest BCUT2D eigenvalue weighted by Gasteiger charge is -2.08. The van der Waals surface area contributed by atoms with E-state index in [0.29, 0.717) is 13.1 Å². The molecule has 0 aliphatic heterocycles. The number of nitrogens with one attached hydrogen (secondary N) is 2. The van der Waals surface area contributed by atoms with Crippen molar-refractivity contribution in [1.29, 1.82) is 0 Å². The van der Waals surface area contributed by atoms with Crippen LogP contribution in [-0.4, -0.2) is 19.7 Å². The summed E-state index contributed by atoms with van der Waals surface area (Å²) >= 11 is 3.44. The van der Waals surface area contributed by atoms with Gasteiger partial charge in [0.1, 0.15) is 5.75 Å². The molecule has 22 heavy (non-hydrogen) atoms. The topological polar surface area (TPSA) is 50.4 Å². The second-order valence-corrected chi connectivity index (χ2v) is 5.75. The first-order chi connectivity index (χ1) is 10.7. The van der Waals surface area contributed by atoms with E-state index < -0.39 is 0 Å². The molecule has 0 aliphatic carbocycles. The van der Waals surface area contributed by atoms with Crippen LogP contribution < -0.4 is 15.4 Å². The minimum atomic E-state index is -0.161. The number of halogens is 1. The minimum absolute atomic E-state index is 0.161. The molecule has 2 N–H and O–H groups in total. The maximum atomic E-state index is 11.7. The SMILES string of the molecule is COc1ccc(CNC(=O)NCCc2cccc(Br)c2)cc1. The van der Waals surface area contributed by atoms with Gasteiger partial charge in [0, 0.05) is 17.6 Å². The highest BCUT2D eigenvalue weighted by atomic mass is 79.9. The highest BCUT2D eigenvalue weighted by Crippen LogP contribution is 2.12. The molecular formula is C17H19BrN2O2. The number of carbonyl (C=O) groups is 1. The summed E-state index contributed by atoms with van der Waals surface area (Å²) in [5.41, 5.74) is 2.22. The number of rotatable bonds is 6. The molecule has 116 valence electrons. The first-order valence-corrected chi connectivity index (χ1v) is 7.86. The summed E-state index contributed by atoms with van der Waals surface area (Å²) in [7, 11) is 1.63. The first-order valence-electron chi connectivity index (χ1n) is 7.06. The van der Waals surface area contributed by atoms with Gasteiger partial charge in [0.15, 0.2) is 0 Å². The zero-order chi connectivity index (χ0) is 15.8. The molecule has 0 unspecified atom stereocenters. The van der Waals surface area contributed by atoms with Crippen LogP contribution in [0.2, 0.25) is 0 Å². The fourth-order valence-electron chi connectivity index (χ4n) is 2.00. The molecule has 0 fully saturated rings. The van der Waals surface area contributed by atoms with Gasteiger partial charge >= 0.3 is 6.03 Å². The van der Waals surface area contributed by atoms with E-state index in [4.69, 9.17) is 4.74 Å². The van der Waals surface area contributed by atoms with Gasteiger partial charge in [0.25, 0.3) is 0 Å². The number of carbonyl (C=O) groups excluding carboxylic acids is 1. The summed E-state index contributed by atoms with van der Waals surface area (Å²) in [5, 5.41) is 5.69. The van der Waals surface area contributed by atoms with E-state index in [1.807, 2.05) is 42.5 Å². The van der Waals surface area contributed by atoms with Crippen molar-refractivity contribution in [2.45, 2.75) is 13.0 Å². The van der Waals surface area contributed by atoms with Crippen molar-refractivity contribution in [2.24, 2.45) is 0 Å². The van der Waals surface area contributed by atoms with Crippen LogP contribution in [0.25, 0.3) is 0 Å². The van der Waals surface area contributed by atoms with Gasteiger partial charge in [-0.1, -0.05) is 40.2 Å². The molecule has 0 spiro atoms. The fourth-order valence-corrected chi connectivity index (χ4v) is 2.45. The van der Waals surface area contributed by atoms with Crippen molar-refractivity contribution in [3.63, 3.8) is 0 Å². The third-order valence-corrected chi connectivity index (χ3v) is 3.69. The van der Waals surface area contributed by atoms with E-state index in [9.17, 15) is 4.79 Å². The van der Waals surface area contributed by atoms with Gasteiger partial charge in [-0.05, 0) is 41.8 Å². The standard InChI is InChI=1S/C17H19BrN2O2/c1-22-16-7-5-14(6-8-16)12-20-17(21)19-10-9-13-3-2-4-15(18)11-13/h2-8,11H,9-10,12H2,1H3,(H2,19,20,21). The Balaban J connectivity index is 1.69. The molecule has 0 bridgehead atoms. The Labute approximate surface area is 139 Å². The van der Waals surface area contributed by atoms with E-state index in [0.717, 1.165) is 22.2 Å². The smallest absolute Gasteiger partial charge is 0.315 e. The van der Waals surface area contributed by atoms with E-state index >= 15 is 0 Å². The quantitative estimate of drug-likeness (QED) is 0.826. The Morgan fingerprint density at radius 2 is 1.86 bits per heavy atom. The molecule has 0 saturated carbocycles. The summed E-state index contributed by atoms with van der Waals surface area (Å²) in [6.07, 6.45) is 0.801. The lowest BCUT2D eigenvalue weighted by atomic mass is 10.1. The van der Waals surface area contributed by atoms with Crippen molar-refractivity contribution in [2.75, 3.05) is 13.7 Å². The molecular weight excluding hydrogens is 344 g/mol. The van der Waals surface area contributed by atoms with E-state index in [1.54, 1.807) is 7.11 Å². The molecule has 0 aromatic heterocycles. The first kappa shape index (κ1) is 16.4. The van der Waals surface area contributed by atoms with Gasteiger partial charge in [-0.2, -0.15) is 0 Å². The van der Waals surface area contributed by atoms with Crippen molar-refractivity contribution < 1.29 is 9.53 Å². The largest absolute Gasteiger partial charge is 0.497 e. The number of methoxy groups -OCH3 is 1. The molecule has 2 aromatic rings. The van der Waals surface area contributed by atoms with E-state index in [1.165, 1.54) is 5.56 Å². The third kappa shape index (κ3) is 5.41. The molecule has 0 aliphatic rings. The zero-order valence-electron chi connectivity index (χ0n) is 12.4. The molecule has 2 amide bonds. The number of hydrogen-bond donors (Lipinski definition) is 2. The summed E-state index contributed by atoms with van der Waals surface area (Å²) < 4.78 is 6.15. The number of urea groups is 1. The minimum Gasteiger partial charge on any atom is -0.497 e. The van der Waals surface area contributed by atoms with Gasteiger partial charge in [0.05, 0.1) is 7.11 Å². The second kappa shape index (κ2) is 8.44. The van der Waals surface area contributed by atoms with Crippen molar-refractivity contribution in [3.8, 4) is 5.75 Å². The van der Waals surface area contributed by atoms with Crippen LogP contribution in [0, 0.1) is 0 Å². The molecule has 4 nitrogen and oxygen atoms in total. The fraction of sp³-hybridized carbons (Fsp3) is 0.235. The second-order valence-electron chi connectivity index (χ2n) is 4.84. The molecule has 2 rings (SSSR count).